The van der Waals surface area contributed by atoms with Gasteiger partial charge in [0.1, 0.15) is 17.4 Å². The zero-order valence-corrected chi connectivity index (χ0v) is 14.6. The predicted octanol–water partition coefficient (Wildman–Crippen LogP) is 4.15. The van der Waals surface area contributed by atoms with Crippen molar-refractivity contribution in [3.63, 3.8) is 0 Å². The topological polar surface area (TPSA) is 56.1 Å². The smallest absolute Gasteiger partial charge is 0.226 e. The molecule has 132 valence electrons. The Morgan fingerprint density at radius 3 is 2.73 bits per heavy atom. The fourth-order valence-corrected chi connectivity index (χ4v) is 3.53. The lowest BCUT2D eigenvalue weighted by atomic mass is 9.87. The number of methoxy groups -OCH3 is 1. The molecule has 1 amide bonds. The van der Waals surface area contributed by atoms with E-state index < -0.39 is 11.7 Å². The van der Waals surface area contributed by atoms with E-state index in [1.807, 2.05) is 12.1 Å². The Kier molecular flexibility index (Phi) is 4.12. The lowest BCUT2D eigenvalue weighted by Crippen LogP contribution is -2.25. The fourth-order valence-electron chi connectivity index (χ4n) is 3.24. The van der Waals surface area contributed by atoms with Gasteiger partial charge in [-0.15, -0.1) is 0 Å². The minimum Gasteiger partial charge on any atom is -0.497 e. The zero-order chi connectivity index (χ0) is 18.3. The molecule has 26 heavy (non-hydrogen) atoms. The van der Waals surface area contributed by atoms with Crippen LogP contribution < -0.4 is 10.1 Å². The van der Waals surface area contributed by atoms with Crippen molar-refractivity contribution in [2.75, 3.05) is 12.4 Å². The Bertz CT molecular complexity index is 965. The Labute approximate surface area is 154 Å². The first-order chi connectivity index (χ1) is 12.6. The molecule has 0 saturated carbocycles. The standard InChI is InChI=1S/C19H15ClFN3O2/c1-26-12-7-5-11(6-8-12)24-19-14(10-22-24)13(9-17(25)23-19)18-15(20)3-2-4-16(18)21/h2-8,10,13H,9H2,1H3,(H,23,25). The monoisotopic (exact) mass is 371 g/mol. The number of hydrogen-bond acceptors (Lipinski definition) is 3. The molecule has 1 aliphatic rings. The number of aromatic nitrogens is 2. The van der Waals surface area contributed by atoms with Gasteiger partial charge in [0.25, 0.3) is 0 Å². The van der Waals surface area contributed by atoms with E-state index in [1.54, 1.807) is 42.3 Å². The maximum Gasteiger partial charge on any atom is 0.226 e. The van der Waals surface area contributed by atoms with E-state index in [9.17, 15) is 9.18 Å². The van der Waals surface area contributed by atoms with Crippen LogP contribution in [0.15, 0.2) is 48.7 Å². The van der Waals surface area contributed by atoms with E-state index in [4.69, 9.17) is 16.3 Å². The molecule has 0 fully saturated rings. The number of nitrogens with one attached hydrogen (secondary N) is 1. The third-order valence-corrected chi connectivity index (χ3v) is 4.82. The fraction of sp³-hybridized carbons (Fsp3) is 0.158. The van der Waals surface area contributed by atoms with Crippen molar-refractivity contribution in [3.05, 3.63) is 70.6 Å². The van der Waals surface area contributed by atoms with Crippen molar-refractivity contribution in [2.45, 2.75) is 12.3 Å². The van der Waals surface area contributed by atoms with Crippen LogP contribution in [0.5, 0.6) is 5.75 Å². The van der Waals surface area contributed by atoms with Crippen LogP contribution >= 0.6 is 11.6 Å². The van der Waals surface area contributed by atoms with Gasteiger partial charge in [-0.3, -0.25) is 4.79 Å². The molecule has 1 atom stereocenters. The van der Waals surface area contributed by atoms with Crippen LogP contribution in [-0.4, -0.2) is 22.8 Å². The Balaban J connectivity index is 1.82. The second kappa shape index (κ2) is 6.46. The van der Waals surface area contributed by atoms with Crippen molar-refractivity contribution >= 4 is 23.3 Å². The number of hydrogen-bond donors (Lipinski definition) is 1. The summed E-state index contributed by atoms with van der Waals surface area (Å²) in [5.74, 6) is 0.113. The molecule has 1 aromatic heterocycles. The number of fused-ring (bicyclic) bond motifs is 1. The van der Waals surface area contributed by atoms with Crippen molar-refractivity contribution in [3.8, 4) is 11.4 Å². The Morgan fingerprint density at radius 2 is 2.04 bits per heavy atom. The summed E-state index contributed by atoms with van der Waals surface area (Å²) in [6.45, 7) is 0. The largest absolute Gasteiger partial charge is 0.497 e. The number of ether oxygens (including phenoxy) is 1. The molecule has 0 radical (unpaired) electrons. The molecule has 0 bridgehead atoms. The average Bonchev–Trinajstić information content (AvgIpc) is 3.05. The van der Waals surface area contributed by atoms with Gasteiger partial charge in [-0.05, 0) is 36.4 Å². The Morgan fingerprint density at radius 1 is 1.27 bits per heavy atom. The van der Waals surface area contributed by atoms with Gasteiger partial charge in [0.05, 0.1) is 19.0 Å². The molecule has 1 aliphatic heterocycles. The molecule has 0 spiro atoms. The lowest BCUT2D eigenvalue weighted by molar-refractivity contribution is -0.116. The SMILES string of the molecule is COc1ccc(-n2ncc3c2NC(=O)CC3c2c(F)cccc2Cl)cc1. The van der Waals surface area contributed by atoms with Gasteiger partial charge < -0.3 is 10.1 Å². The number of amides is 1. The van der Waals surface area contributed by atoms with Crippen LogP contribution in [-0.2, 0) is 4.79 Å². The van der Waals surface area contributed by atoms with Gasteiger partial charge >= 0.3 is 0 Å². The Hall–Kier alpha value is -2.86. The highest BCUT2D eigenvalue weighted by Gasteiger charge is 2.33. The summed E-state index contributed by atoms with van der Waals surface area (Å²) in [6, 6.07) is 11.8. The molecular weight excluding hydrogens is 357 g/mol. The van der Waals surface area contributed by atoms with Gasteiger partial charge in [0, 0.05) is 28.5 Å². The van der Waals surface area contributed by atoms with Crippen molar-refractivity contribution in [1.29, 1.82) is 0 Å². The predicted molar refractivity (Wildman–Crippen MR) is 96.6 cm³/mol. The van der Waals surface area contributed by atoms with Crippen LogP contribution in [0.4, 0.5) is 10.2 Å². The number of carbonyl (C=O) groups excluding carboxylic acids is 1. The average molecular weight is 372 g/mol. The maximum atomic E-state index is 14.4. The highest BCUT2D eigenvalue weighted by Crippen LogP contribution is 2.41. The molecule has 7 heteroatoms. The first kappa shape index (κ1) is 16.6. The molecule has 2 heterocycles. The van der Waals surface area contributed by atoms with Crippen LogP contribution in [0.3, 0.4) is 0 Å². The first-order valence-electron chi connectivity index (χ1n) is 8.04. The summed E-state index contributed by atoms with van der Waals surface area (Å²) in [5, 5.41) is 7.53. The number of carbonyl (C=O) groups is 1. The van der Waals surface area contributed by atoms with Crippen molar-refractivity contribution in [2.24, 2.45) is 0 Å². The summed E-state index contributed by atoms with van der Waals surface area (Å²) < 4.78 is 21.2. The molecule has 2 aromatic carbocycles. The van der Waals surface area contributed by atoms with E-state index in [1.165, 1.54) is 6.07 Å². The van der Waals surface area contributed by atoms with Gasteiger partial charge in [0.2, 0.25) is 5.91 Å². The normalized spacial score (nSPS) is 16.1. The molecule has 5 nitrogen and oxygen atoms in total. The van der Waals surface area contributed by atoms with Gasteiger partial charge in [-0.2, -0.15) is 5.10 Å². The quantitative estimate of drug-likeness (QED) is 0.752. The van der Waals surface area contributed by atoms with Crippen molar-refractivity contribution < 1.29 is 13.9 Å². The number of anilines is 1. The van der Waals surface area contributed by atoms with Crippen molar-refractivity contribution in [1.82, 2.24) is 9.78 Å². The van der Waals surface area contributed by atoms with E-state index in [0.717, 1.165) is 17.0 Å². The number of benzene rings is 2. The highest BCUT2D eigenvalue weighted by molar-refractivity contribution is 6.31. The van der Waals surface area contributed by atoms with Crippen LogP contribution in [0.2, 0.25) is 5.02 Å². The van der Waals surface area contributed by atoms with Crippen LogP contribution in [0, 0.1) is 5.82 Å². The zero-order valence-electron chi connectivity index (χ0n) is 13.9. The summed E-state index contributed by atoms with van der Waals surface area (Å²) in [6.07, 6.45) is 1.76. The molecule has 1 N–H and O–H groups in total. The summed E-state index contributed by atoms with van der Waals surface area (Å²) in [4.78, 5) is 12.3. The van der Waals surface area contributed by atoms with E-state index in [-0.39, 0.29) is 12.3 Å². The molecule has 1 unspecified atom stereocenters. The molecule has 3 aromatic rings. The number of halogens is 2. The van der Waals surface area contributed by atoms with Crippen LogP contribution in [0.25, 0.3) is 5.69 Å². The minimum atomic E-state index is -0.487. The van der Waals surface area contributed by atoms with Crippen LogP contribution in [0.1, 0.15) is 23.5 Å². The summed E-state index contributed by atoms with van der Waals surface area (Å²) in [5.41, 5.74) is 1.81. The van der Waals surface area contributed by atoms with Gasteiger partial charge in [0.15, 0.2) is 0 Å². The number of rotatable bonds is 3. The van der Waals surface area contributed by atoms with E-state index >= 15 is 0 Å². The summed E-state index contributed by atoms with van der Waals surface area (Å²) in [7, 11) is 1.59. The molecule has 4 rings (SSSR count). The third-order valence-electron chi connectivity index (χ3n) is 4.49. The first-order valence-corrected chi connectivity index (χ1v) is 8.42. The van der Waals surface area contributed by atoms with Gasteiger partial charge in [-0.25, -0.2) is 9.07 Å². The minimum absolute atomic E-state index is 0.113. The molecule has 0 saturated heterocycles. The highest BCUT2D eigenvalue weighted by atomic mass is 35.5. The second-order valence-corrected chi connectivity index (χ2v) is 6.41. The second-order valence-electron chi connectivity index (χ2n) is 6.00. The third kappa shape index (κ3) is 2.72. The number of nitrogens with zero attached hydrogens (tertiary/aromatic N) is 2. The van der Waals surface area contributed by atoms with Gasteiger partial charge in [-0.1, -0.05) is 17.7 Å². The molecular formula is C19H15ClFN3O2. The summed E-state index contributed by atoms with van der Waals surface area (Å²) >= 11 is 6.22. The molecule has 0 aliphatic carbocycles. The van der Waals surface area contributed by atoms with E-state index in [0.29, 0.717) is 16.4 Å². The van der Waals surface area contributed by atoms with E-state index in [2.05, 4.69) is 10.4 Å². The maximum absolute atomic E-state index is 14.4. The lowest BCUT2D eigenvalue weighted by Gasteiger charge is -2.24.